The molecule has 0 aromatic heterocycles. The number of carbonyl (C=O) groups excluding carboxylic acids is 1. The quantitative estimate of drug-likeness (QED) is 0.786. The van der Waals surface area contributed by atoms with Gasteiger partial charge in [-0.25, -0.2) is 0 Å². The van der Waals surface area contributed by atoms with E-state index in [1.165, 1.54) is 21.3 Å². The van der Waals surface area contributed by atoms with Crippen LogP contribution in [0.2, 0.25) is 0 Å². The number of methoxy groups -OCH3 is 3. The summed E-state index contributed by atoms with van der Waals surface area (Å²) in [5.41, 5.74) is 0.380. The number of rotatable bonds is 7. The summed E-state index contributed by atoms with van der Waals surface area (Å²) in [4.78, 5) is 12.4. The fourth-order valence-electron chi connectivity index (χ4n) is 1.84. The number of amides is 1. The predicted molar refractivity (Wildman–Crippen MR) is 82.9 cm³/mol. The molecule has 1 unspecified atom stereocenters. The molecule has 0 bridgehead atoms. The van der Waals surface area contributed by atoms with E-state index in [2.05, 4.69) is 5.32 Å². The first-order chi connectivity index (χ1) is 9.98. The molecule has 0 aliphatic rings. The van der Waals surface area contributed by atoms with Crippen molar-refractivity contribution in [2.75, 3.05) is 27.2 Å². The van der Waals surface area contributed by atoms with Gasteiger partial charge in [0.15, 0.2) is 11.5 Å². The second-order valence-corrected chi connectivity index (χ2v) is 5.19. The highest BCUT2D eigenvalue weighted by molar-refractivity contribution is 6.18. The number of nitrogens with one attached hydrogen (secondary N) is 1. The smallest absolute Gasteiger partial charge is 0.255 e. The first-order valence-corrected chi connectivity index (χ1v) is 7.18. The molecule has 21 heavy (non-hydrogen) atoms. The number of hydrogen-bond donors (Lipinski definition) is 1. The number of carbonyl (C=O) groups is 1. The summed E-state index contributed by atoms with van der Waals surface area (Å²) in [5, 5.41) is 2.90. The monoisotopic (exact) mass is 315 g/mol. The molecular formula is C15H22ClNO4. The summed E-state index contributed by atoms with van der Waals surface area (Å²) >= 11 is 5.88. The van der Waals surface area contributed by atoms with E-state index in [0.717, 1.165) is 0 Å². The van der Waals surface area contributed by atoms with Crippen LogP contribution < -0.4 is 19.5 Å². The predicted octanol–water partition coefficient (Wildman–Crippen LogP) is 2.71. The zero-order valence-electron chi connectivity index (χ0n) is 13.0. The molecule has 1 amide bonds. The van der Waals surface area contributed by atoms with Gasteiger partial charge in [0.2, 0.25) is 0 Å². The van der Waals surface area contributed by atoms with Crippen molar-refractivity contribution < 1.29 is 19.0 Å². The standard InChI is InChI=1S/C15H22ClNO4/c1-9(2)11(8-16)17-15(18)10-6-13(20-4)14(21-5)7-12(10)19-3/h6-7,9,11H,8H2,1-5H3,(H,17,18). The lowest BCUT2D eigenvalue weighted by atomic mass is 10.1. The van der Waals surface area contributed by atoms with Crippen LogP contribution in [0.5, 0.6) is 17.2 Å². The Balaban J connectivity index is 3.13. The topological polar surface area (TPSA) is 56.8 Å². The van der Waals surface area contributed by atoms with Crippen LogP contribution in [0.4, 0.5) is 0 Å². The fraction of sp³-hybridized carbons (Fsp3) is 0.533. The Hall–Kier alpha value is -1.62. The van der Waals surface area contributed by atoms with E-state index < -0.39 is 0 Å². The summed E-state index contributed by atoms with van der Waals surface area (Å²) in [5.74, 6) is 1.71. The van der Waals surface area contributed by atoms with E-state index in [1.54, 1.807) is 12.1 Å². The van der Waals surface area contributed by atoms with Gasteiger partial charge in [-0.1, -0.05) is 13.8 Å². The third-order valence-electron chi connectivity index (χ3n) is 3.24. The largest absolute Gasteiger partial charge is 0.496 e. The summed E-state index contributed by atoms with van der Waals surface area (Å²) < 4.78 is 15.7. The first kappa shape index (κ1) is 17.4. The van der Waals surface area contributed by atoms with E-state index in [0.29, 0.717) is 28.7 Å². The van der Waals surface area contributed by atoms with Gasteiger partial charge in [0.05, 0.1) is 26.9 Å². The lowest BCUT2D eigenvalue weighted by molar-refractivity contribution is 0.0927. The molecule has 1 N–H and O–H groups in total. The van der Waals surface area contributed by atoms with E-state index in [9.17, 15) is 4.79 Å². The third-order valence-corrected chi connectivity index (χ3v) is 3.57. The molecule has 1 atom stereocenters. The van der Waals surface area contributed by atoms with E-state index in [4.69, 9.17) is 25.8 Å². The number of halogens is 1. The minimum absolute atomic E-state index is 0.114. The van der Waals surface area contributed by atoms with Crippen molar-refractivity contribution in [2.24, 2.45) is 5.92 Å². The average molecular weight is 316 g/mol. The molecule has 0 fully saturated rings. The van der Waals surface area contributed by atoms with Gasteiger partial charge < -0.3 is 19.5 Å². The molecule has 1 aromatic rings. The van der Waals surface area contributed by atoms with Crippen molar-refractivity contribution in [1.82, 2.24) is 5.32 Å². The molecule has 0 saturated heterocycles. The lowest BCUT2D eigenvalue weighted by Gasteiger charge is -2.21. The molecule has 6 heteroatoms. The summed E-state index contributed by atoms with van der Waals surface area (Å²) in [6.07, 6.45) is 0. The van der Waals surface area contributed by atoms with Gasteiger partial charge in [0, 0.05) is 24.1 Å². The molecule has 5 nitrogen and oxygen atoms in total. The van der Waals surface area contributed by atoms with Crippen molar-refractivity contribution in [2.45, 2.75) is 19.9 Å². The molecule has 1 rings (SSSR count). The Labute approximate surface area is 130 Å². The molecule has 0 aliphatic heterocycles. The van der Waals surface area contributed by atoms with Crippen molar-refractivity contribution >= 4 is 17.5 Å². The van der Waals surface area contributed by atoms with E-state index in [-0.39, 0.29) is 17.9 Å². The highest BCUT2D eigenvalue weighted by Crippen LogP contribution is 2.34. The molecule has 0 saturated carbocycles. The maximum atomic E-state index is 12.4. The Kier molecular flexibility index (Phi) is 6.62. The average Bonchev–Trinajstić information content (AvgIpc) is 2.50. The fourth-order valence-corrected chi connectivity index (χ4v) is 2.27. The minimum Gasteiger partial charge on any atom is -0.496 e. The number of ether oxygens (including phenoxy) is 3. The zero-order chi connectivity index (χ0) is 16.0. The third kappa shape index (κ3) is 4.17. The Morgan fingerprint density at radius 2 is 1.62 bits per heavy atom. The van der Waals surface area contributed by atoms with Crippen LogP contribution in [-0.2, 0) is 0 Å². The maximum absolute atomic E-state index is 12.4. The van der Waals surface area contributed by atoms with Crippen LogP contribution in [0, 0.1) is 5.92 Å². The van der Waals surface area contributed by atoms with Crippen molar-refractivity contribution in [1.29, 1.82) is 0 Å². The Morgan fingerprint density at radius 1 is 1.10 bits per heavy atom. The molecule has 0 radical (unpaired) electrons. The SMILES string of the molecule is COc1cc(OC)c(C(=O)NC(CCl)C(C)C)cc1OC. The normalized spacial score (nSPS) is 12.0. The van der Waals surface area contributed by atoms with Crippen LogP contribution in [0.25, 0.3) is 0 Å². The number of benzene rings is 1. The summed E-state index contributed by atoms with van der Waals surface area (Å²) in [7, 11) is 4.54. The Bertz CT molecular complexity index is 491. The molecule has 118 valence electrons. The highest BCUT2D eigenvalue weighted by Gasteiger charge is 2.21. The van der Waals surface area contributed by atoms with Crippen LogP contribution >= 0.6 is 11.6 Å². The van der Waals surface area contributed by atoms with Gasteiger partial charge >= 0.3 is 0 Å². The Morgan fingerprint density at radius 3 is 2.05 bits per heavy atom. The molecule has 1 aromatic carbocycles. The van der Waals surface area contributed by atoms with Gasteiger partial charge in [-0.05, 0) is 5.92 Å². The van der Waals surface area contributed by atoms with E-state index in [1.807, 2.05) is 13.8 Å². The number of alkyl halides is 1. The number of hydrogen-bond acceptors (Lipinski definition) is 4. The molecule has 0 heterocycles. The van der Waals surface area contributed by atoms with Gasteiger partial charge in [-0.3, -0.25) is 4.79 Å². The van der Waals surface area contributed by atoms with E-state index >= 15 is 0 Å². The zero-order valence-corrected chi connectivity index (χ0v) is 13.8. The van der Waals surface area contributed by atoms with Gasteiger partial charge in [-0.15, -0.1) is 11.6 Å². The second kappa shape index (κ2) is 7.98. The van der Waals surface area contributed by atoms with Gasteiger partial charge in [0.25, 0.3) is 5.91 Å². The molecule has 0 spiro atoms. The summed E-state index contributed by atoms with van der Waals surface area (Å²) in [6.45, 7) is 4.00. The lowest BCUT2D eigenvalue weighted by Crippen LogP contribution is -2.40. The first-order valence-electron chi connectivity index (χ1n) is 6.65. The van der Waals surface area contributed by atoms with Crippen LogP contribution in [0.3, 0.4) is 0 Å². The van der Waals surface area contributed by atoms with Gasteiger partial charge in [0.1, 0.15) is 5.75 Å². The maximum Gasteiger partial charge on any atom is 0.255 e. The molecular weight excluding hydrogens is 294 g/mol. The second-order valence-electron chi connectivity index (χ2n) is 4.89. The summed E-state index contributed by atoms with van der Waals surface area (Å²) in [6, 6.07) is 3.11. The van der Waals surface area contributed by atoms with Crippen LogP contribution in [0.15, 0.2) is 12.1 Å². The van der Waals surface area contributed by atoms with Crippen LogP contribution in [-0.4, -0.2) is 39.2 Å². The van der Waals surface area contributed by atoms with Crippen molar-refractivity contribution in [3.8, 4) is 17.2 Å². The highest BCUT2D eigenvalue weighted by atomic mass is 35.5. The van der Waals surface area contributed by atoms with Gasteiger partial charge in [-0.2, -0.15) is 0 Å². The molecule has 0 aliphatic carbocycles. The minimum atomic E-state index is -0.257. The van der Waals surface area contributed by atoms with Crippen LogP contribution in [0.1, 0.15) is 24.2 Å². The van der Waals surface area contributed by atoms with Crippen molar-refractivity contribution in [3.63, 3.8) is 0 Å². The van der Waals surface area contributed by atoms with Crippen molar-refractivity contribution in [3.05, 3.63) is 17.7 Å².